The molecule has 9 heteroatoms. The lowest BCUT2D eigenvalue weighted by atomic mass is 10.2. The van der Waals surface area contributed by atoms with Gasteiger partial charge in [-0.2, -0.15) is 0 Å². The molecule has 0 saturated heterocycles. The molecular formula is C22H24N2O6S. The van der Waals surface area contributed by atoms with Crippen LogP contribution < -0.4 is 5.32 Å². The Labute approximate surface area is 181 Å². The van der Waals surface area contributed by atoms with Gasteiger partial charge >= 0.3 is 5.97 Å². The number of nitrogens with one attached hydrogen (secondary N) is 1. The molecule has 0 aliphatic carbocycles. The highest BCUT2D eigenvalue weighted by Gasteiger charge is 2.40. The quantitative estimate of drug-likeness (QED) is 0.470. The summed E-state index contributed by atoms with van der Waals surface area (Å²) in [5, 5.41) is 2.69. The molecule has 0 radical (unpaired) electrons. The molecule has 1 aliphatic heterocycles. The highest BCUT2D eigenvalue weighted by molar-refractivity contribution is 7.90. The molecule has 0 bridgehead atoms. The predicted molar refractivity (Wildman–Crippen MR) is 114 cm³/mol. The van der Waals surface area contributed by atoms with Crippen LogP contribution in [0.5, 0.6) is 0 Å². The van der Waals surface area contributed by atoms with Crippen molar-refractivity contribution < 1.29 is 27.5 Å². The molecule has 1 N–H and O–H groups in total. The number of carbonyl (C=O) groups is 3. The Kier molecular flexibility index (Phi) is 7.06. The number of nitrogens with zero attached hydrogens (tertiary/aromatic N) is 1. The van der Waals surface area contributed by atoms with Gasteiger partial charge < -0.3 is 10.1 Å². The van der Waals surface area contributed by atoms with Crippen molar-refractivity contribution in [1.29, 1.82) is 0 Å². The smallest absolute Gasteiger partial charge is 0.338 e. The zero-order chi connectivity index (χ0) is 22.4. The fraction of sp³-hybridized carbons (Fsp3) is 0.318. The number of ether oxygens (including phenoxy) is 1. The Bertz CT molecular complexity index is 1080. The zero-order valence-corrected chi connectivity index (χ0v) is 18.0. The molecule has 0 fully saturated rings. The molecule has 0 atom stereocenters. The number of sulfonamides is 1. The number of hydrogen-bond acceptors (Lipinski definition) is 6. The highest BCUT2D eigenvalue weighted by Crippen LogP contribution is 2.30. The van der Waals surface area contributed by atoms with E-state index in [1.54, 1.807) is 36.4 Å². The molecule has 164 valence electrons. The minimum Gasteiger partial charge on any atom is -0.462 e. The summed E-state index contributed by atoms with van der Waals surface area (Å²) in [4.78, 5) is 36.4. The lowest BCUT2D eigenvalue weighted by molar-refractivity contribution is -0.116. The molecule has 3 rings (SSSR count). The standard InChI is InChI=1S/C22H24N2O6S/c1-2-3-15-30-22(27)16-10-12-17(13-11-16)23-20(25)9-6-14-24-21(26)18-7-4-5-8-19(18)31(24,28)29/h4-5,7-8,10-13H,2-3,6,9,14-15H2,1H3,(H,23,25). The summed E-state index contributed by atoms with van der Waals surface area (Å²) >= 11 is 0. The molecule has 1 aliphatic rings. The number of esters is 1. The van der Waals surface area contributed by atoms with E-state index in [1.807, 2.05) is 6.92 Å². The Hall–Kier alpha value is -3.20. The minimum absolute atomic E-state index is 0.00207. The summed E-state index contributed by atoms with van der Waals surface area (Å²) < 4.78 is 30.9. The van der Waals surface area contributed by atoms with Gasteiger partial charge in [-0.1, -0.05) is 25.5 Å². The number of hydrogen-bond donors (Lipinski definition) is 1. The maximum Gasteiger partial charge on any atom is 0.338 e. The number of fused-ring (bicyclic) bond motifs is 1. The molecule has 0 spiro atoms. The number of amides is 2. The second-order valence-corrected chi connectivity index (χ2v) is 8.93. The van der Waals surface area contributed by atoms with Crippen molar-refractivity contribution in [3.63, 3.8) is 0 Å². The lowest BCUT2D eigenvalue weighted by Crippen LogP contribution is -2.31. The molecule has 2 aromatic rings. The van der Waals surface area contributed by atoms with E-state index in [2.05, 4.69) is 5.32 Å². The number of rotatable bonds is 9. The van der Waals surface area contributed by atoms with E-state index in [4.69, 9.17) is 4.74 Å². The van der Waals surface area contributed by atoms with Crippen molar-refractivity contribution in [3.8, 4) is 0 Å². The Morgan fingerprint density at radius 2 is 1.74 bits per heavy atom. The van der Waals surface area contributed by atoms with Gasteiger partial charge in [-0.15, -0.1) is 0 Å². The molecule has 2 aromatic carbocycles. The van der Waals surface area contributed by atoms with Crippen LogP contribution in [0.4, 0.5) is 5.69 Å². The van der Waals surface area contributed by atoms with Crippen LogP contribution >= 0.6 is 0 Å². The van der Waals surface area contributed by atoms with Crippen molar-refractivity contribution in [2.45, 2.75) is 37.5 Å². The summed E-state index contributed by atoms with van der Waals surface area (Å²) in [5.74, 6) is -1.30. The van der Waals surface area contributed by atoms with Gasteiger partial charge in [-0.25, -0.2) is 17.5 Å². The van der Waals surface area contributed by atoms with Gasteiger partial charge in [0.2, 0.25) is 5.91 Å². The molecule has 8 nitrogen and oxygen atoms in total. The number of benzene rings is 2. The fourth-order valence-electron chi connectivity index (χ4n) is 3.14. The summed E-state index contributed by atoms with van der Waals surface area (Å²) in [7, 11) is -3.87. The van der Waals surface area contributed by atoms with Crippen molar-refractivity contribution >= 4 is 33.5 Å². The number of carbonyl (C=O) groups excluding carboxylic acids is 3. The molecule has 0 saturated carbocycles. The Balaban J connectivity index is 1.49. The average molecular weight is 445 g/mol. The zero-order valence-electron chi connectivity index (χ0n) is 17.2. The van der Waals surface area contributed by atoms with Gasteiger partial charge in [0, 0.05) is 18.7 Å². The van der Waals surface area contributed by atoms with E-state index in [9.17, 15) is 22.8 Å². The normalized spacial score (nSPS) is 14.2. The third-order valence-electron chi connectivity index (χ3n) is 4.81. The van der Waals surface area contributed by atoms with Crippen LogP contribution in [0, 0.1) is 0 Å². The third kappa shape index (κ3) is 5.11. The minimum atomic E-state index is -3.87. The SMILES string of the molecule is CCCCOC(=O)c1ccc(NC(=O)CCCN2C(=O)c3ccccc3S2(=O)=O)cc1. The van der Waals surface area contributed by atoms with E-state index < -0.39 is 21.9 Å². The van der Waals surface area contributed by atoms with Crippen LogP contribution in [-0.2, 0) is 19.6 Å². The second kappa shape index (κ2) is 9.74. The van der Waals surface area contributed by atoms with Crippen LogP contribution in [0.25, 0.3) is 0 Å². The maximum atomic E-state index is 12.5. The van der Waals surface area contributed by atoms with Crippen molar-refractivity contribution in [1.82, 2.24) is 4.31 Å². The first-order valence-corrected chi connectivity index (χ1v) is 11.5. The van der Waals surface area contributed by atoms with E-state index in [1.165, 1.54) is 12.1 Å². The van der Waals surface area contributed by atoms with Gasteiger partial charge in [0.15, 0.2) is 0 Å². The summed E-state index contributed by atoms with van der Waals surface area (Å²) in [6.45, 7) is 2.30. The summed E-state index contributed by atoms with van der Waals surface area (Å²) in [6.07, 6.45) is 1.96. The van der Waals surface area contributed by atoms with Crippen LogP contribution in [0.1, 0.15) is 53.3 Å². The first-order valence-electron chi connectivity index (χ1n) is 10.1. The van der Waals surface area contributed by atoms with E-state index >= 15 is 0 Å². The van der Waals surface area contributed by atoms with Gasteiger partial charge in [0.25, 0.3) is 15.9 Å². The predicted octanol–water partition coefficient (Wildman–Crippen LogP) is 3.21. The van der Waals surface area contributed by atoms with Crippen LogP contribution in [-0.4, -0.2) is 43.7 Å². The second-order valence-electron chi connectivity index (χ2n) is 7.10. The van der Waals surface area contributed by atoms with Crippen LogP contribution in [0.15, 0.2) is 53.4 Å². The van der Waals surface area contributed by atoms with Crippen molar-refractivity contribution in [2.24, 2.45) is 0 Å². The molecule has 31 heavy (non-hydrogen) atoms. The van der Waals surface area contributed by atoms with E-state index in [0.29, 0.717) is 17.9 Å². The maximum absolute atomic E-state index is 12.5. The third-order valence-corrected chi connectivity index (χ3v) is 6.65. The molecule has 1 heterocycles. The fourth-order valence-corrected chi connectivity index (χ4v) is 4.75. The Morgan fingerprint density at radius 3 is 2.42 bits per heavy atom. The lowest BCUT2D eigenvalue weighted by Gasteiger charge is -2.14. The van der Waals surface area contributed by atoms with Gasteiger partial charge in [0.1, 0.15) is 4.90 Å². The molecule has 0 aromatic heterocycles. The number of unbranched alkanes of at least 4 members (excludes halogenated alkanes) is 1. The molecular weight excluding hydrogens is 420 g/mol. The van der Waals surface area contributed by atoms with Gasteiger partial charge in [-0.05, 0) is 49.2 Å². The number of anilines is 1. The highest BCUT2D eigenvalue weighted by atomic mass is 32.2. The van der Waals surface area contributed by atoms with Crippen molar-refractivity contribution in [3.05, 3.63) is 59.7 Å². The first kappa shape index (κ1) is 22.5. The molecule has 2 amide bonds. The van der Waals surface area contributed by atoms with Gasteiger partial charge in [-0.3, -0.25) is 9.59 Å². The summed E-state index contributed by atoms with van der Waals surface area (Å²) in [6, 6.07) is 12.4. The van der Waals surface area contributed by atoms with Crippen LogP contribution in [0.2, 0.25) is 0 Å². The largest absolute Gasteiger partial charge is 0.462 e. The van der Waals surface area contributed by atoms with E-state index in [0.717, 1.165) is 17.1 Å². The average Bonchev–Trinajstić information content (AvgIpc) is 2.95. The topological polar surface area (TPSA) is 110 Å². The first-order chi connectivity index (χ1) is 14.8. The Morgan fingerprint density at radius 1 is 1.03 bits per heavy atom. The van der Waals surface area contributed by atoms with Crippen LogP contribution in [0.3, 0.4) is 0 Å². The molecule has 0 unspecified atom stereocenters. The summed E-state index contributed by atoms with van der Waals surface area (Å²) in [5.41, 5.74) is 1.05. The van der Waals surface area contributed by atoms with E-state index in [-0.39, 0.29) is 35.8 Å². The monoisotopic (exact) mass is 444 g/mol. The van der Waals surface area contributed by atoms with Crippen molar-refractivity contribution in [2.75, 3.05) is 18.5 Å². The van der Waals surface area contributed by atoms with Gasteiger partial charge in [0.05, 0.1) is 17.7 Å².